The van der Waals surface area contributed by atoms with Crippen LogP contribution in [0.25, 0.3) is 0 Å². The van der Waals surface area contributed by atoms with Crippen molar-refractivity contribution in [3.63, 3.8) is 0 Å². The van der Waals surface area contributed by atoms with Gasteiger partial charge in [-0.05, 0) is 39.0 Å². The van der Waals surface area contributed by atoms with E-state index < -0.39 is 11.7 Å². The second kappa shape index (κ2) is 4.96. The number of hydrogen-bond acceptors (Lipinski definition) is 3. The zero-order valence-electron chi connectivity index (χ0n) is 9.86. The highest BCUT2D eigenvalue weighted by atomic mass is 16.5. The van der Waals surface area contributed by atoms with Gasteiger partial charge in [0.25, 0.3) is 0 Å². The highest BCUT2D eigenvalue weighted by molar-refractivity contribution is 5.07. The average Bonchev–Trinajstić information content (AvgIpc) is 2.21. The van der Waals surface area contributed by atoms with Crippen molar-refractivity contribution < 1.29 is 9.84 Å². The van der Waals surface area contributed by atoms with Crippen LogP contribution < -0.4 is 0 Å². The maximum atomic E-state index is 9.41. The Morgan fingerprint density at radius 2 is 2.13 bits per heavy atom. The zero-order valence-corrected chi connectivity index (χ0v) is 9.86. The van der Waals surface area contributed by atoms with Gasteiger partial charge in [-0.25, -0.2) is 0 Å². The van der Waals surface area contributed by atoms with E-state index in [0.717, 1.165) is 19.3 Å². The summed E-state index contributed by atoms with van der Waals surface area (Å²) < 4.78 is 5.79. The van der Waals surface area contributed by atoms with Crippen LogP contribution >= 0.6 is 0 Å². The van der Waals surface area contributed by atoms with Gasteiger partial charge in [-0.15, -0.1) is 0 Å². The van der Waals surface area contributed by atoms with Gasteiger partial charge < -0.3 is 9.84 Å². The predicted octanol–water partition coefficient (Wildman–Crippen LogP) is 2.24. The standard InChI is InChI=1S/C12H21NO2/c1-9-6-4-5-7-12(9,8-13)15-11(3)10(2)14/h9-11,14H,4-7H2,1-3H3. The summed E-state index contributed by atoms with van der Waals surface area (Å²) in [6.45, 7) is 5.59. The molecule has 4 atom stereocenters. The molecular weight excluding hydrogens is 190 g/mol. The first-order valence-electron chi connectivity index (χ1n) is 5.79. The number of hydrogen-bond donors (Lipinski definition) is 1. The van der Waals surface area contributed by atoms with Gasteiger partial charge in [0.1, 0.15) is 0 Å². The van der Waals surface area contributed by atoms with Crippen LogP contribution in [0.2, 0.25) is 0 Å². The summed E-state index contributed by atoms with van der Waals surface area (Å²) in [7, 11) is 0. The van der Waals surface area contributed by atoms with Crippen LogP contribution in [-0.2, 0) is 4.74 Å². The van der Waals surface area contributed by atoms with E-state index in [4.69, 9.17) is 4.74 Å². The number of rotatable bonds is 3. The minimum Gasteiger partial charge on any atom is -0.391 e. The Morgan fingerprint density at radius 3 is 2.60 bits per heavy atom. The lowest BCUT2D eigenvalue weighted by Gasteiger charge is -2.39. The first-order valence-corrected chi connectivity index (χ1v) is 5.79. The van der Waals surface area contributed by atoms with E-state index in [0.29, 0.717) is 0 Å². The summed E-state index contributed by atoms with van der Waals surface area (Å²) in [4.78, 5) is 0. The molecule has 0 heterocycles. The van der Waals surface area contributed by atoms with Gasteiger partial charge in [0, 0.05) is 0 Å². The molecule has 3 heteroatoms. The van der Waals surface area contributed by atoms with Gasteiger partial charge in [0.15, 0.2) is 5.60 Å². The first kappa shape index (κ1) is 12.5. The normalized spacial score (nSPS) is 35.5. The van der Waals surface area contributed by atoms with Crippen LogP contribution in [0.4, 0.5) is 0 Å². The van der Waals surface area contributed by atoms with Crippen molar-refractivity contribution in [2.45, 2.75) is 64.3 Å². The van der Waals surface area contributed by atoms with Gasteiger partial charge in [-0.3, -0.25) is 0 Å². The van der Waals surface area contributed by atoms with E-state index in [-0.39, 0.29) is 12.0 Å². The Morgan fingerprint density at radius 1 is 1.47 bits per heavy atom. The fourth-order valence-electron chi connectivity index (χ4n) is 2.12. The van der Waals surface area contributed by atoms with E-state index in [1.807, 2.05) is 6.92 Å². The number of aliphatic hydroxyl groups excluding tert-OH is 1. The number of nitrogens with zero attached hydrogens (tertiary/aromatic N) is 1. The molecular formula is C12H21NO2. The lowest BCUT2D eigenvalue weighted by Crippen LogP contribution is -2.45. The minimum absolute atomic E-state index is 0.262. The molecule has 1 saturated carbocycles. The number of ether oxygens (including phenoxy) is 1. The van der Waals surface area contributed by atoms with Crippen molar-refractivity contribution in [1.82, 2.24) is 0 Å². The van der Waals surface area contributed by atoms with Crippen LogP contribution in [0.15, 0.2) is 0 Å². The van der Waals surface area contributed by atoms with Crippen molar-refractivity contribution in [3.8, 4) is 6.07 Å². The summed E-state index contributed by atoms with van der Waals surface area (Å²) in [6.07, 6.45) is 3.26. The Labute approximate surface area is 92.0 Å². The maximum Gasteiger partial charge on any atom is 0.157 e. The molecule has 0 aromatic carbocycles. The topological polar surface area (TPSA) is 53.2 Å². The van der Waals surface area contributed by atoms with Crippen LogP contribution in [0.5, 0.6) is 0 Å². The highest BCUT2D eigenvalue weighted by Gasteiger charge is 2.41. The van der Waals surface area contributed by atoms with Crippen molar-refractivity contribution in [2.75, 3.05) is 0 Å². The summed E-state index contributed by atoms with van der Waals surface area (Å²) >= 11 is 0. The molecule has 0 spiro atoms. The smallest absolute Gasteiger partial charge is 0.157 e. The maximum absolute atomic E-state index is 9.41. The summed E-state index contributed by atoms with van der Waals surface area (Å²) in [5, 5.41) is 18.7. The van der Waals surface area contributed by atoms with Gasteiger partial charge >= 0.3 is 0 Å². The molecule has 1 N–H and O–H groups in total. The van der Waals surface area contributed by atoms with E-state index in [9.17, 15) is 10.4 Å². The Kier molecular flexibility index (Phi) is 4.12. The van der Waals surface area contributed by atoms with E-state index in [2.05, 4.69) is 13.0 Å². The van der Waals surface area contributed by atoms with Crippen molar-refractivity contribution in [2.24, 2.45) is 5.92 Å². The minimum atomic E-state index is -0.672. The van der Waals surface area contributed by atoms with Crippen LogP contribution in [-0.4, -0.2) is 22.9 Å². The van der Waals surface area contributed by atoms with Crippen LogP contribution in [0, 0.1) is 17.2 Å². The lowest BCUT2D eigenvalue weighted by molar-refractivity contribution is -0.131. The van der Waals surface area contributed by atoms with E-state index in [1.165, 1.54) is 6.42 Å². The fraction of sp³-hybridized carbons (Fsp3) is 0.917. The first-order chi connectivity index (χ1) is 7.02. The van der Waals surface area contributed by atoms with Crippen LogP contribution in [0.1, 0.15) is 46.5 Å². The SMILES string of the molecule is CC(O)C(C)OC1(C#N)CCCCC1C. The molecule has 1 rings (SSSR count). The Hall–Kier alpha value is -0.590. The van der Waals surface area contributed by atoms with Gasteiger partial charge in [-0.1, -0.05) is 13.3 Å². The molecule has 0 radical (unpaired) electrons. The molecule has 1 aliphatic carbocycles. The third kappa shape index (κ3) is 2.70. The number of aliphatic hydroxyl groups is 1. The molecule has 1 fully saturated rings. The van der Waals surface area contributed by atoms with Crippen molar-refractivity contribution in [3.05, 3.63) is 0 Å². The second-order valence-electron chi connectivity index (χ2n) is 4.71. The molecule has 0 aliphatic heterocycles. The summed E-state index contributed by atoms with van der Waals surface area (Å²) in [5.41, 5.74) is -0.672. The quantitative estimate of drug-likeness (QED) is 0.779. The molecule has 0 aromatic heterocycles. The average molecular weight is 211 g/mol. The van der Waals surface area contributed by atoms with Crippen molar-refractivity contribution in [1.29, 1.82) is 5.26 Å². The fourth-order valence-corrected chi connectivity index (χ4v) is 2.12. The van der Waals surface area contributed by atoms with Crippen LogP contribution in [0.3, 0.4) is 0 Å². The monoisotopic (exact) mass is 211 g/mol. The third-order valence-corrected chi connectivity index (χ3v) is 3.50. The molecule has 0 amide bonds. The molecule has 4 unspecified atom stereocenters. The Balaban J connectivity index is 2.71. The molecule has 0 saturated heterocycles. The third-order valence-electron chi connectivity index (χ3n) is 3.50. The van der Waals surface area contributed by atoms with Gasteiger partial charge in [0.05, 0.1) is 18.3 Å². The number of nitriles is 1. The zero-order chi connectivity index (χ0) is 11.5. The van der Waals surface area contributed by atoms with Crippen molar-refractivity contribution >= 4 is 0 Å². The Bertz CT molecular complexity index is 246. The molecule has 86 valence electrons. The summed E-state index contributed by atoms with van der Waals surface area (Å²) in [6, 6.07) is 2.32. The van der Waals surface area contributed by atoms with E-state index in [1.54, 1.807) is 6.92 Å². The predicted molar refractivity (Wildman–Crippen MR) is 58.2 cm³/mol. The molecule has 15 heavy (non-hydrogen) atoms. The van der Waals surface area contributed by atoms with Gasteiger partial charge in [0.2, 0.25) is 0 Å². The highest BCUT2D eigenvalue weighted by Crippen LogP contribution is 2.37. The molecule has 0 aromatic rings. The molecule has 3 nitrogen and oxygen atoms in total. The molecule has 1 aliphatic rings. The molecule has 0 bridgehead atoms. The lowest BCUT2D eigenvalue weighted by atomic mass is 9.77. The largest absolute Gasteiger partial charge is 0.391 e. The van der Waals surface area contributed by atoms with E-state index >= 15 is 0 Å². The summed E-state index contributed by atoms with van der Waals surface area (Å²) in [5.74, 6) is 0.262. The van der Waals surface area contributed by atoms with Gasteiger partial charge in [-0.2, -0.15) is 5.26 Å². The second-order valence-corrected chi connectivity index (χ2v) is 4.71.